The van der Waals surface area contributed by atoms with Gasteiger partial charge in [0.2, 0.25) is 5.78 Å². The van der Waals surface area contributed by atoms with Crippen molar-refractivity contribution in [1.82, 2.24) is 0 Å². The van der Waals surface area contributed by atoms with Gasteiger partial charge in [-0.25, -0.2) is 4.79 Å². The van der Waals surface area contributed by atoms with E-state index < -0.39 is 12.1 Å². The fourth-order valence-corrected chi connectivity index (χ4v) is 3.28. The normalized spacial score (nSPS) is 19.1. The highest BCUT2D eigenvalue weighted by Crippen LogP contribution is 2.21. The monoisotopic (exact) mass is 326 g/mol. The van der Waals surface area contributed by atoms with Crippen molar-refractivity contribution in [2.24, 2.45) is 0 Å². The molecule has 6 heteroatoms. The number of Topliss-reactive ketones (excluding diaryl/α,β-unsaturated/α-hetero) is 1. The van der Waals surface area contributed by atoms with Crippen LogP contribution in [-0.4, -0.2) is 43.8 Å². The molecule has 0 N–H and O–H groups in total. The van der Waals surface area contributed by atoms with Gasteiger partial charge in [0.1, 0.15) is 0 Å². The quantitative estimate of drug-likeness (QED) is 0.569. The lowest BCUT2D eigenvalue weighted by Crippen LogP contribution is -2.28. The predicted octanol–water partition coefficient (Wildman–Crippen LogP) is 2.67. The van der Waals surface area contributed by atoms with Crippen LogP contribution in [0.5, 0.6) is 0 Å². The Morgan fingerprint density at radius 2 is 2.23 bits per heavy atom. The Labute approximate surface area is 134 Å². The van der Waals surface area contributed by atoms with Gasteiger partial charge in [0.25, 0.3) is 0 Å². The van der Waals surface area contributed by atoms with E-state index in [9.17, 15) is 9.59 Å². The van der Waals surface area contributed by atoms with Crippen LogP contribution in [0.3, 0.4) is 0 Å². The van der Waals surface area contributed by atoms with Gasteiger partial charge in [-0.15, -0.1) is 11.3 Å². The summed E-state index contributed by atoms with van der Waals surface area (Å²) in [6.45, 7) is 6.35. The molecule has 1 aliphatic rings. The summed E-state index contributed by atoms with van der Waals surface area (Å²) >= 11 is 1.56. The number of hydrogen-bond acceptors (Lipinski definition) is 6. The Bertz CT molecular complexity index is 531. The minimum absolute atomic E-state index is 0.0633. The van der Waals surface area contributed by atoms with Gasteiger partial charge in [0.05, 0.1) is 12.7 Å². The van der Waals surface area contributed by atoms with Gasteiger partial charge in [-0.1, -0.05) is 0 Å². The highest BCUT2D eigenvalue weighted by atomic mass is 32.1. The van der Waals surface area contributed by atoms with Crippen LogP contribution in [0.25, 0.3) is 0 Å². The Morgan fingerprint density at radius 3 is 2.82 bits per heavy atom. The van der Waals surface area contributed by atoms with Crippen LogP contribution in [0.15, 0.2) is 6.07 Å². The van der Waals surface area contributed by atoms with E-state index in [-0.39, 0.29) is 18.5 Å². The molecule has 0 bridgehead atoms. The number of carbonyl (C=O) groups is 2. The number of thiophene rings is 1. The molecule has 1 aromatic rings. The van der Waals surface area contributed by atoms with E-state index >= 15 is 0 Å². The molecule has 1 aromatic heterocycles. The van der Waals surface area contributed by atoms with Gasteiger partial charge in [0.15, 0.2) is 12.7 Å². The van der Waals surface area contributed by atoms with Crippen LogP contribution in [0.1, 0.15) is 39.9 Å². The van der Waals surface area contributed by atoms with Crippen molar-refractivity contribution in [3.05, 3.63) is 21.4 Å². The Morgan fingerprint density at radius 1 is 1.45 bits per heavy atom. The molecule has 2 atom stereocenters. The maximum absolute atomic E-state index is 12.0. The summed E-state index contributed by atoms with van der Waals surface area (Å²) in [5.74, 6) is -0.697. The van der Waals surface area contributed by atoms with E-state index in [0.29, 0.717) is 12.2 Å². The van der Waals surface area contributed by atoms with Crippen LogP contribution >= 0.6 is 11.3 Å². The molecule has 0 aromatic carbocycles. The fraction of sp³-hybridized carbons (Fsp3) is 0.625. The average Bonchev–Trinajstić information content (AvgIpc) is 3.11. The first-order valence-corrected chi connectivity index (χ1v) is 8.29. The smallest absolute Gasteiger partial charge is 0.335 e. The van der Waals surface area contributed by atoms with Crippen molar-refractivity contribution < 1.29 is 23.8 Å². The molecule has 0 saturated carbocycles. The molecule has 0 aliphatic carbocycles. The van der Waals surface area contributed by atoms with Crippen molar-refractivity contribution in [2.45, 2.75) is 45.8 Å². The van der Waals surface area contributed by atoms with Gasteiger partial charge >= 0.3 is 5.97 Å². The summed E-state index contributed by atoms with van der Waals surface area (Å²) < 4.78 is 15.9. The average molecular weight is 326 g/mol. The first-order valence-electron chi connectivity index (χ1n) is 7.47. The zero-order chi connectivity index (χ0) is 16.1. The van der Waals surface area contributed by atoms with Gasteiger partial charge in [-0.05, 0) is 39.7 Å². The van der Waals surface area contributed by atoms with E-state index in [1.54, 1.807) is 18.3 Å². The summed E-state index contributed by atoms with van der Waals surface area (Å²) in [5, 5.41) is 0. The number of aryl methyl sites for hydroxylation is 2. The lowest BCUT2D eigenvalue weighted by molar-refractivity contribution is -0.156. The minimum atomic E-state index is -0.692. The molecular formula is C16H22O5S. The highest BCUT2D eigenvalue weighted by Gasteiger charge is 2.22. The van der Waals surface area contributed by atoms with E-state index in [4.69, 9.17) is 14.2 Å². The van der Waals surface area contributed by atoms with Gasteiger partial charge < -0.3 is 14.2 Å². The summed E-state index contributed by atoms with van der Waals surface area (Å²) in [6, 6.07) is 1.83. The van der Waals surface area contributed by atoms with Crippen LogP contribution < -0.4 is 0 Å². The van der Waals surface area contributed by atoms with Crippen LogP contribution in [0.4, 0.5) is 0 Å². The maximum atomic E-state index is 12.0. The molecule has 1 fully saturated rings. The molecule has 2 heterocycles. The topological polar surface area (TPSA) is 61.8 Å². The van der Waals surface area contributed by atoms with E-state index in [1.165, 1.54) is 0 Å². The number of hydrogen-bond donors (Lipinski definition) is 0. The van der Waals surface area contributed by atoms with Gasteiger partial charge in [0, 0.05) is 21.9 Å². The molecule has 1 saturated heterocycles. The Hall–Kier alpha value is -1.24. The zero-order valence-electron chi connectivity index (χ0n) is 13.2. The number of esters is 1. The predicted molar refractivity (Wildman–Crippen MR) is 83.5 cm³/mol. The molecule has 22 heavy (non-hydrogen) atoms. The highest BCUT2D eigenvalue weighted by molar-refractivity contribution is 7.12. The molecule has 0 radical (unpaired) electrons. The molecule has 2 rings (SSSR count). The molecule has 2 unspecified atom stereocenters. The second-order valence-electron chi connectivity index (χ2n) is 5.47. The first kappa shape index (κ1) is 17.1. The summed E-state index contributed by atoms with van der Waals surface area (Å²) in [6.07, 6.45) is 1.35. The Kier molecular flexibility index (Phi) is 6.11. The van der Waals surface area contributed by atoms with Crippen molar-refractivity contribution in [2.75, 3.05) is 19.8 Å². The number of ketones is 1. The third-order valence-corrected chi connectivity index (χ3v) is 4.54. The third-order valence-electron chi connectivity index (χ3n) is 3.57. The number of rotatable bonds is 7. The van der Waals surface area contributed by atoms with E-state index in [0.717, 1.165) is 29.2 Å². The summed E-state index contributed by atoms with van der Waals surface area (Å²) in [5.41, 5.74) is 0.628. The Balaban J connectivity index is 1.74. The second kappa shape index (κ2) is 7.85. The minimum Gasteiger partial charge on any atom is -0.455 e. The fourth-order valence-electron chi connectivity index (χ4n) is 2.33. The van der Waals surface area contributed by atoms with E-state index in [1.807, 2.05) is 19.9 Å². The standard InChI is InChI=1S/C16H22O5S/c1-10-7-14(12(3)22-10)15(17)9-21-16(18)11(2)20-8-13-5-4-6-19-13/h7,11,13H,4-6,8-9H2,1-3H3. The molecule has 1 aliphatic heterocycles. The lowest BCUT2D eigenvalue weighted by Gasteiger charge is -2.15. The van der Waals surface area contributed by atoms with Crippen LogP contribution in [0.2, 0.25) is 0 Å². The maximum Gasteiger partial charge on any atom is 0.335 e. The van der Waals surface area contributed by atoms with Crippen LogP contribution in [0, 0.1) is 13.8 Å². The molecule has 0 amide bonds. The van der Waals surface area contributed by atoms with Crippen molar-refractivity contribution in [1.29, 1.82) is 0 Å². The zero-order valence-corrected chi connectivity index (χ0v) is 14.0. The van der Waals surface area contributed by atoms with Gasteiger partial charge in [-0.2, -0.15) is 0 Å². The molecule has 0 spiro atoms. The number of carbonyl (C=O) groups excluding carboxylic acids is 2. The summed E-state index contributed by atoms with van der Waals surface area (Å²) in [7, 11) is 0. The second-order valence-corrected chi connectivity index (χ2v) is 6.93. The van der Waals surface area contributed by atoms with Crippen molar-refractivity contribution >= 4 is 23.1 Å². The van der Waals surface area contributed by atoms with Crippen molar-refractivity contribution in [3.8, 4) is 0 Å². The largest absolute Gasteiger partial charge is 0.455 e. The van der Waals surface area contributed by atoms with E-state index in [2.05, 4.69) is 0 Å². The van der Waals surface area contributed by atoms with Crippen molar-refractivity contribution in [3.63, 3.8) is 0 Å². The SMILES string of the molecule is Cc1cc(C(=O)COC(=O)C(C)OCC2CCCO2)c(C)s1. The summed E-state index contributed by atoms with van der Waals surface area (Å²) in [4.78, 5) is 25.9. The molecule has 122 valence electrons. The van der Waals surface area contributed by atoms with Crippen LogP contribution in [-0.2, 0) is 19.0 Å². The first-order chi connectivity index (χ1) is 10.5. The van der Waals surface area contributed by atoms with Gasteiger partial charge in [-0.3, -0.25) is 4.79 Å². The lowest BCUT2D eigenvalue weighted by atomic mass is 10.2. The molecular weight excluding hydrogens is 304 g/mol. The molecule has 5 nitrogen and oxygen atoms in total. The number of ether oxygens (including phenoxy) is 3. The third kappa shape index (κ3) is 4.63.